The van der Waals surface area contributed by atoms with Crippen LogP contribution in [0.15, 0.2) is 23.1 Å². The minimum Gasteiger partial charge on any atom is -0.394 e. The van der Waals surface area contributed by atoms with E-state index in [0.717, 1.165) is 0 Å². The van der Waals surface area contributed by atoms with Gasteiger partial charge in [0.05, 0.1) is 28.3 Å². The van der Waals surface area contributed by atoms with Gasteiger partial charge in [-0.05, 0) is 18.2 Å². The summed E-state index contributed by atoms with van der Waals surface area (Å²) in [5.41, 5.74) is 0.325. The molecule has 0 saturated heterocycles. The highest BCUT2D eigenvalue weighted by Gasteiger charge is 2.11. The molecular formula is C9H13ClN2O4S. The Kier molecular flexibility index (Phi) is 4.72. The number of nitrogens with one attached hydrogen (secondary N) is 1. The van der Waals surface area contributed by atoms with E-state index in [1.54, 1.807) is 0 Å². The molecule has 8 heteroatoms. The van der Waals surface area contributed by atoms with Crippen molar-refractivity contribution in [1.82, 2.24) is 0 Å². The number of hydrogen-bond acceptors (Lipinski definition) is 5. The normalized spacial score (nSPS) is 13.4. The van der Waals surface area contributed by atoms with Crippen molar-refractivity contribution in [3.63, 3.8) is 0 Å². The Balaban J connectivity index is 2.92. The standard InChI is InChI=1S/C9H13ClN2O4S/c10-8-2-1-7(17(11,15)16)3-9(8)12-4-6(14)5-13/h1-3,6,12-14H,4-5H2,(H2,11,15,16). The lowest BCUT2D eigenvalue weighted by molar-refractivity contribution is 0.105. The molecule has 0 aliphatic carbocycles. The number of halogens is 1. The fourth-order valence-corrected chi connectivity index (χ4v) is 1.83. The summed E-state index contributed by atoms with van der Waals surface area (Å²) in [7, 11) is -3.80. The van der Waals surface area contributed by atoms with Gasteiger partial charge < -0.3 is 15.5 Å². The van der Waals surface area contributed by atoms with Crippen molar-refractivity contribution in [2.24, 2.45) is 5.14 Å². The Hall–Kier alpha value is -0.860. The molecule has 0 fully saturated rings. The van der Waals surface area contributed by atoms with Crippen LogP contribution in [-0.4, -0.2) is 37.9 Å². The molecule has 96 valence electrons. The van der Waals surface area contributed by atoms with Crippen LogP contribution in [0.3, 0.4) is 0 Å². The molecule has 5 N–H and O–H groups in total. The Morgan fingerprint density at radius 2 is 2.12 bits per heavy atom. The molecule has 1 aromatic rings. The molecule has 0 spiro atoms. The largest absolute Gasteiger partial charge is 0.394 e. The molecule has 0 aliphatic rings. The monoisotopic (exact) mass is 280 g/mol. The Morgan fingerprint density at radius 1 is 1.47 bits per heavy atom. The van der Waals surface area contributed by atoms with Gasteiger partial charge in [0.25, 0.3) is 0 Å². The molecule has 6 nitrogen and oxygen atoms in total. The Labute approximate surface area is 104 Å². The van der Waals surface area contributed by atoms with Crippen molar-refractivity contribution < 1.29 is 18.6 Å². The molecule has 0 amide bonds. The quantitative estimate of drug-likeness (QED) is 0.594. The van der Waals surface area contributed by atoms with E-state index in [4.69, 9.17) is 27.0 Å². The number of primary sulfonamides is 1. The number of benzene rings is 1. The zero-order chi connectivity index (χ0) is 13.1. The van der Waals surface area contributed by atoms with Gasteiger partial charge in [0, 0.05) is 6.54 Å². The summed E-state index contributed by atoms with van der Waals surface area (Å²) in [6.45, 7) is -0.357. The lowest BCUT2D eigenvalue weighted by Gasteiger charge is -2.12. The minimum atomic E-state index is -3.80. The topological polar surface area (TPSA) is 113 Å². The smallest absolute Gasteiger partial charge is 0.238 e. The highest BCUT2D eigenvalue weighted by molar-refractivity contribution is 7.89. The van der Waals surface area contributed by atoms with Crippen LogP contribution in [0.5, 0.6) is 0 Å². The average Bonchev–Trinajstić information content (AvgIpc) is 2.26. The number of hydrogen-bond donors (Lipinski definition) is 4. The summed E-state index contributed by atoms with van der Waals surface area (Å²) in [6, 6.07) is 3.93. The van der Waals surface area contributed by atoms with E-state index in [1.807, 2.05) is 0 Å². The molecular weight excluding hydrogens is 268 g/mol. The van der Waals surface area contributed by atoms with Crippen LogP contribution < -0.4 is 10.5 Å². The maximum atomic E-state index is 11.1. The van der Waals surface area contributed by atoms with Gasteiger partial charge in [0.1, 0.15) is 0 Å². The molecule has 0 aromatic heterocycles. The maximum absolute atomic E-state index is 11.1. The Morgan fingerprint density at radius 3 is 2.65 bits per heavy atom. The van der Waals surface area contributed by atoms with Crippen molar-refractivity contribution in [2.45, 2.75) is 11.0 Å². The minimum absolute atomic E-state index is 0.0459. The molecule has 1 rings (SSSR count). The summed E-state index contributed by atoms with van der Waals surface area (Å²) < 4.78 is 22.2. The highest BCUT2D eigenvalue weighted by Crippen LogP contribution is 2.24. The average molecular weight is 281 g/mol. The van der Waals surface area contributed by atoms with E-state index in [2.05, 4.69) is 5.32 Å². The fourth-order valence-electron chi connectivity index (χ4n) is 1.11. The van der Waals surface area contributed by atoms with Crippen LogP contribution >= 0.6 is 11.6 Å². The number of rotatable bonds is 5. The number of aliphatic hydroxyl groups is 2. The van der Waals surface area contributed by atoms with E-state index in [0.29, 0.717) is 10.7 Å². The van der Waals surface area contributed by atoms with Crippen LogP contribution in [0, 0.1) is 0 Å². The number of sulfonamides is 1. The van der Waals surface area contributed by atoms with Crippen LogP contribution in [0.4, 0.5) is 5.69 Å². The van der Waals surface area contributed by atoms with Gasteiger partial charge in [-0.1, -0.05) is 11.6 Å². The first-order valence-electron chi connectivity index (χ1n) is 4.69. The lowest BCUT2D eigenvalue weighted by Crippen LogP contribution is -2.23. The van der Waals surface area contributed by atoms with Gasteiger partial charge in [0.2, 0.25) is 10.0 Å². The molecule has 1 aromatic carbocycles. The summed E-state index contributed by atoms with van der Waals surface area (Å²) >= 11 is 5.83. The molecule has 0 aliphatic heterocycles. The van der Waals surface area contributed by atoms with Crippen LogP contribution in [-0.2, 0) is 10.0 Å². The highest BCUT2D eigenvalue weighted by atomic mass is 35.5. The molecule has 1 unspecified atom stereocenters. The first-order chi connectivity index (χ1) is 7.84. The van der Waals surface area contributed by atoms with Gasteiger partial charge in [-0.15, -0.1) is 0 Å². The summed E-state index contributed by atoms with van der Waals surface area (Å²) in [6.07, 6.45) is -0.954. The molecule has 17 heavy (non-hydrogen) atoms. The van der Waals surface area contributed by atoms with Gasteiger partial charge in [0.15, 0.2) is 0 Å². The van der Waals surface area contributed by atoms with E-state index in [9.17, 15) is 8.42 Å². The number of anilines is 1. The van der Waals surface area contributed by atoms with Crippen LogP contribution in [0.1, 0.15) is 0 Å². The van der Waals surface area contributed by atoms with Crippen molar-refractivity contribution in [2.75, 3.05) is 18.5 Å². The van der Waals surface area contributed by atoms with Gasteiger partial charge in [-0.25, -0.2) is 13.6 Å². The predicted molar refractivity (Wildman–Crippen MR) is 64.4 cm³/mol. The molecule has 0 saturated carbocycles. The number of aliphatic hydroxyl groups excluding tert-OH is 2. The first-order valence-corrected chi connectivity index (χ1v) is 6.62. The Bertz CT molecular complexity index is 492. The van der Waals surface area contributed by atoms with E-state index in [-0.39, 0.29) is 11.4 Å². The predicted octanol–water partition coefficient (Wildman–Crippen LogP) is -0.248. The van der Waals surface area contributed by atoms with E-state index >= 15 is 0 Å². The summed E-state index contributed by atoms with van der Waals surface area (Å²) in [4.78, 5) is -0.0807. The summed E-state index contributed by atoms with van der Waals surface area (Å²) in [5.74, 6) is 0. The third kappa shape index (κ3) is 4.14. The maximum Gasteiger partial charge on any atom is 0.238 e. The van der Waals surface area contributed by atoms with Crippen LogP contribution in [0.25, 0.3) is 0 Å². The second-order valence-corrected chi connectivity index (χ2v) is 5.37. The zero-order valence-electron chi connectivity index (χ0n) is 8.80. The van der Waals surface area contributed by atoms with Gasteiger partial charge >= 0.3 is 0 Å². The van der Waals surface area contributed by atoms with Crippen molar-refractivity contribution in [3.05, 3.63) is 23.2 Å². The molecule has 0 radical (unpaired) electrons. The molecule has 1 atom stereocenters. The molecule has 0 heterocycles. The van der Waals surface area contributed by atoms with E-state index in [1.165, 1.54) is 18.2 Å². The second-order valence-electron chi connectivity index (χ2n) is 3.40. The third-order valence-corrected chi connectivity index (χ3v) is 3.25. The van der Waals surface area contributed by atoms with Gasteiger partial charge in [-0.3, -0.25) is 0 Å². The third-order valence-electron chi connectivity index (χ3n) is 2.01. The van der Waals surface area contributed by atoms with E-state index < -0.39 is 22.7 Å². The van der Waals surface area contributed by atoms with Crippen molar-refractivity contribution in [3.8, 4) is 0 Å². The number of nitrogens with two attached hydrogens (primary N) is 1. The second kappa shape index (κ2) is 5.65. The van der Waals surface area contributed by atoms with Crippen molar-refractivity contribution in [1.29, 1.82) is 0 Å². The first kappa shape index (κ1) is 14.2. The zero-order valence-corrected chi connectivity index (χ0v) is 10.4. The van der Waals surface area contributed by atoms with Crippen LogP contribution in [0.2, 0.25) is 5.02 Å². The van der Waals surface area contributed by atoms with Gasteiger partial charge in [-0.2, -0.15) is 0 Å². The molecule has 0 bridgehead atoms. The fraction of sp³-hybridized carbons (Fsp3) is 0.333. The summed E-state index contributed by atoms with van der Waals surface area (Å²) in [5, 5.41) is 25.7. The lowest BCUT2D eigenvalue weighted by atomic mass is 10.3. The van der Waals surface area contributed by atoms with Crippen molar-refractivity contribution >= 4 is 27.3 Å². The SMILES string of the molecule is NS(=O)(=O)c1ccc(Cl)c(NCC(O)CO)c1.